The number of pyridine rings is 1. The second kappa shape index (κ2) is 7.26. The number of carbonyl (C=O) groups is 1. The Labute approximate surface area is 125 Å². The molecule has 0 aliphatic carbocycles. The molecule has 1 fully saturated rings. The van der Waals surface area contributed by atoms with Gasteiger partial charge in [-0.25, -0.2) is 9.78 Å². The molecule has 2 rings (SSSR count). The number of anilines is 2. The third-order valence-corrected chi connectivity index (χ3v) is 3.76. The van der Waals surface area contributed by atoms with E-state index >= 15 is 0 Å². The molecular formula is C15H24N4O2. The van der Waals surface area contributed by atoms with Gasteiger partial charge in [-0.1, -0.05) is 6.42 Å². The molecule has 1 atom stereocenters. The van der Waals surface area contributed by atoms with E-state index in [9.17, 15) is 4.79 Å². The molecule has 1 aliphatic heterocycles. The molecule has 0 aromatic carbocycles. The van der Waals surface area contributed by atoms with Crippen molar-refractivity contribution in [1.29, 1.82) is 0 Å². The molecule has 0 spiro atoms. The van der Waals surface area contributed by atoms with Gasteiger partial charge in [-0.2, -0.15) is 0 Å². The minimum Gasteiger partial charge on any atom is -0.465 e. The molecule has 1 aliphatic rings. The SMILES string of the molecule is COC(=O)c1ccnc(NC(C)CN2CCCCC2)c1N. The monoisotopic (exact) mass is 292 g/mol. The standard InChI is InChI=1S/C15H24N4O2/c1-11(10-19-8-4-3-5-9-19)18-14-13(16)12(6-7-17-14)15(20)21-2/h6-7,11H,3-5,8-10,16H2,1-2H3,(H,17,18). The third kappa shape index (κ3) is 4.07. The van der Waals surface area contributed by atoms with Gasteiger partial charge >= 0.3 is 5.97 Å². The maximum absolute atomic E-state index is 11.6. The largest absolute Gasteiger partial charge is 0.465 e. The number of methoxy groups -OCH3 is 1. The summed E-state index contributed by atoms with van der Waals surface area (Å²) < 4.78 is 4.72. The number of nitrogens with zero attached hydrogens (tertiary/aromatic N) is 2. The van der Waals surface area contributed by atoms with Gasteiger partial charge in [-0.15, -0.1) is 0 Å². The predicted molar refractivity (Wildman–Crippen MR) is 83.4 cm³/mol. The Bertz CT molecular complexity index is 487. The maximum Gasteiger partial charge on any atom is 0.340 e. The van der Waals surface area contributed by atoms with E-state index in [4.69, 9.17) is 10.5 Å². The predicted octanol–water partition coefficient (Wildman–Crippen LogP) is 1.74. The highest BCUT2D eigenvalue weighted by Crippen LogP contribution is 2.21. The number of hydrogen-bond donors (Lipinski definition) is 2. The molecule has 21 heavy (non-hydrogen) atoms. The van der Waals surface area contributed by atoms with Crippen molar-refractivity contribution in [1.82, 2.24) is 9.88 Å². The van der Waals surface area contributed by atoms with Crippen molar-refractivity contribution in [2.75, 3.05) is 37.8 Å². The first-order valence-electron chi connectivity index (χ1n) is 7.43. The first-order chi connectivity index (χ1) is 10.1. The van der Waals surface area contributed by atoms with Gasteiger partial charge < -0.3 is 20.7 Å². The molecule has 6 nitrogen and oxygen atoms in total. The van der Waals surface area contributed by atoms with E-state index in [-0.39, 0.29) is 6.04 Å². The smallest absolute Gasteiger partial charge is 0.340 e. The Kier molecular flexibility index (Phi) is 5.38. The van der Waals surface area contributed by atoms with Crippen LogP contribution in [0.15, 0.2) is 12.3 Å². The second-order valence-electron chi connectivity index (χ2n) is 5.52. The van der Waals surface area contributed by atoms with Gasteiger partial charge in [0.25, 0.3) is 0 Å². The molecule has 0 saturated carbocycles. The van der Waals surface area contributed by atoms with Crippen LogP contribution in [0.25, 0.3) is 0 Å². The Morgan fingerprint density at radius 3 is 2.86 bits per heavy atom. The van der Waals surface area contributed by atoms with Gasteiger partial charge in [-0.05, 0) is 38.9 Å². The van der Waals surface area contributed by atoms with Crippen LogP contribution >= 0.6 is 0 Å². The van der Waals surface area contributed by atoms with Crippen molar-refractivity contribution in [3.63, 3.8) is 0 Å². The topological polar surface area (TPSA) is 80.5 Å². The number of rotatable bonds is 5. The van der Waals surface area contributed by atoms with E-state index in [0.717, 1.165) is 19.6 Å². The summed E-state index contributed by atoms with van der Waals surface area (Å²) in [7, 11) is 1.34. The van der Waals surface area contributed by atoms with Crippen molar-refractivity contribution in [3.05, 3.63) is 17.8 Å². The van der Waals surface area contributed by atoms with Gasteiger partial charge in [-0.3, -0.25) is 0 Å². The van der Waals surface area contributed by atoms with Crippen LogP contribution in [-0.4, -0.2) is 48.6 Å². The van der Waals surface area contributed by atoms with E-state index in [0.29, 0.717) is 17.1 Å². The molecule has 6 heteroatoms. The van der Waals surface area contributed by atoms with Gasteiger partial charge in [0.1, 0.15) is 5.82 Å². The first kappa shape index (κ1) is 15.6. The Hall–Kier alpha value is -1.82. The Morgan fingerprint density at radius 1 is 1.48 bits per heavy atom. The van der Waals surface area contributed by atoms with Crippen LogP contribution < -0.4 is 11.1 Å². The number of ether oxygens (including phenoxy) is 1. The molecule has 1 aromatic rings. The Morgan fingerprint density at radius 2 is 2.19 bits per heavy atom. The van der Waals surface area contributed by atoms with Crippen LogP contribution in [0.3, 0.4) is 0 Å². The summed E-state index contributed by atoms with van der Waals surface area (Å²) in [6.45, 7) is 5.35. The quantitative estimate of drug-likeness (QED) is 0.805. The minimum absolute atomic E-state index is 0.214. The number of esters is 1. The van der Waals surface area contributed by atoms with Crippen molar-refractivity contribution < 1.29 is 9.53 Å². The zero-order valence-corrected chi connectivity index (χ0v) is 12.8. The zero-order valence-electron chi connectivity index (χ0n) is 12.8. The van der Waals surface area contributed by atoms with Crippen molar-refractivity contribution in [2.45, 2.75) is 32.2 Å². The van der Waals surface area contributed by atoms with E-state index in [1.54, 1.807) is 12.3 Å². The van der Waals surface area contributed by atoms with Crippen molar-refractivity contribution in [2.24, 2.45) is 0 Å². The van der Waals surface area contributed by atoms with Crippen LogP contribution in [0.5, 0.6) is 0 Å². The average Bonchev–Trinajstić information content (AvgIpc) is 2.49. The average molecular weight is 292 g/mol. The minimum atomic E-state index is -0.443. The summed E-state index contributed by atoms with van der Waals surface area (Å²) in [5.41, 5.74) is 6.69. The zero-order chi connectivity index (χ0) is 15.2. The van der Waals surface area contributed by atoms with Gasteiger partial charge in [0.05, 0.1) is 18.4 Å². The lowest BCUT2D eigenvalue weighted by atomic mass is 10.1. The third-order valence-electron chi connectivity index (χ3n) is 3.76. The summed E-state index contributed by atoms with van der Waals surface area (Å²) in [5.74, 6) is 0.101. The fourth-order valence-corrected chi connectivity index (χ4v) is 2.68. The van der Waals surface area contributed by atoms with Crippen LogP contribution in [0.2, 0.25) is 0 Å². The molecule has 0 radical (unpaired) electrons. The molecule has 2 heterocycles. The lowest BCUT2D eigenvalue weighted by molar-refractivity contribution is 0.0602. The summed E-state index contributed by atoms with van der Waals surface area (Å²) in [6.07, 6.45) is 5.43. The highest BCUT2D eigenvalue weighted by molar-refractivity contribution is 5.97. The van der Waals surface area contributed by atoms with E-state index in [1.807, 2.05) is 0 Å². The summed E-state index contributed by atoms with van der Waals surface area (Å²) in [4.78, 5) is 18.3. The number of nitrogens with one attached hydrogen (secondary N) is 1. The van der Waals surface area contributed by atoms with Crippen molar-refractivity contribution in [3.8, 4) is 0 Å². The van der Waals surface area contributed by atoms with E-state index < -0.39 is 5.97 Å². The molecule has 1 saturated heterocycles. The number of carbonyl (C=O) groups excluding carboxylic acids is 1. The molecule has 0 bridgehead atoms. The highest BCUT2D eigenvalue weighted by Gasteiger charge is 2.17. The number of nitrogens with two attached hydrogens (primary N) is 1. The normalized spacial score (nSPS) is 17.2. The number of hydrogen-bond acceptors (Lipinski definition) is 6. The van der Waals surface area contributed by atoms with E-state index in [1.165, 1.54) is 26.4 Å². The molecule has 0 amide bonds. The van der Waals surface area contributed by atoms with Gasteiger partial charge in [0.2, 0.25) is 0 Å². The second-order valence-corrected chi connectivity index (χ2v) is 5.52. The number of aromatic nitrogens is 1. The first-order valence-corrected chi connectivity index (χ1v) is 7.43. The van der Waals surface area contributed by atoms with Gasteiger partial charge in [0.15, 0.2) is 0 Å². The summed E-state index contributed by atoms with van der Waals surface area (Å²) in [6, 6.07) is 1.78. The van der Waals surface area contributed by atoms with Crippen LogP contribution in [0.4, 0.5) is 11.5 Å². The van der Waals surface area contributed by atoms with Crippen LogP contribution in [0, 0.1) is 0 Å². The molecule has 1 aromatic heterocycles. The lowest BCUT2D eigenvalue weighted by Crippen LogP contribution is -2.38. The number of likely N-dealkylation sites (tertiary alicyclic amines) is 1. The molecule has 1 unspecified atom stereocenters. The molecule has 3 N–H and O–H groups in total. The van der Waals surface area contributed by atoms with Crippen LogP contribution in [0.1, 0.15) is 36.5 Å². The fourth-order valence-electron chi connectivity index (χ4n) is 2.68. The summed E-state index contributed by atoms with van der Waals surface area (Å²) >= 11 is 0. The lowest BCUT2D eigenvalue weighted by Gasteiger charge is -2.29. The van der Waals surface area contributed by atoms with Crippen LogP contribution in [-0.2, 0) is 4.74 Å². The maximum atomic E-state index is 11.6. The summed E-state index contributed by atoms with van der Waals surface area (Å²) in [5, 5.41) is 3.29. The fraction of sp³-hybridized carbons (Fsp3) is 0.600. The van der Waals surface area contributed by atoms with Crippen molar-refractivity contribution >= 4 is 17.5 Å². The molecule has 116 valence electrons. The molecular weight excluding hydrogens is 268 g/mol. The number of nitrogen functional groups attached to an aromatic ring is 1. The highest BCUT2D eigenvalue weighted by atomic mass is 16.5. The Balaban J connectivity index is 1.99. The number of piperidine rings is 1. The van der Waals surface area contributed by atoms with E-state index in [2.05, 4.69) is 22.1 Å². The van der Waals surface area contributed by atoms with Gasteiger partial charge in [0, 0.05) is 18.8 Å².